The Bertz CT molecular complexity index is 966. The quantitative estimate of drug-likeness (QED) is 0.450. The zero-order valence-electron chi connectivity index (χ0n) is 19.2. The summed E-state index contributed by atoms with van der Waals surface area (Å²) in [6.45, 7) is 13.7. The molecular weight excluding hydrogens is 392 g/mol. The number of hydrogen-bond acceptors (Lipinski definition) is 5. The van der Waals surface area contributed by atoms with Crippen LogP contribution in [0, 0.1) is 0 Å². The summed E-state index contributed by atoms with van der Waals surface area (Å²) in [5, 5.41) is 0.139. The molecule has 30 heavy (non-hydrogen) atoms. The first-order valence-corrected chi connectivity index (χ1v) is 13.5. The fourth-order valence-electron chi connectivity index (χ4n) is 3.36. The van der Waals surface area contributed by atoms with Crippen molar-refractivity contribution in [1.82, 2.24) is 19.5 Å². The lowest BCUT2D eigenvalue weighted by Gasteiger charge is -2.41. The zero-order chi connectivity index (χ0) is 21.9. The summed E-state index contributed by atoms with van der Waals surface area (Å²) < 4.78 is 14.4. The Kier molecular flexibility index (Phi) is 6.62. The van der Waals surface area contributed by atoms with Crippen molar-refractivity contribution in [3.05, 3.63) is 48.5 Å². The van der Waals surface area contributed by atoms with E-state index < -0.39 is 8.32 Å². The van der Waals surface area contributed by atoms with Crippen LogP contribution in [0.1, 0.15) is 45.7 Å². The summed E-state index contributed by atoms with van der Waals surface area (Å²) >= 11 is 0. The number of hydrogen-bond donors (Lipinski definition) is 0. The van der Waals surface area contributed by atoms with Gasteiger partial charge in [0.25, 0.3) is 0 Å². The number of rotatable bonds is 8. The van der Waals surface area contributed by atoms with Crippen LogP contribution in [-0.2, 0) is 10.8 Å². The van der Waals surface area contributed by atoms with Crippen molar-refractivity contribution < 1.29 is 9.16 Å². The summed E-state index contributed by atoms with van der Waals surface area (Å²) in [6, 6.07) is 10.7. The van der Waals surface area contributed by atoms with Crippen LogP contribution in [0.4, 0.5) is 0 Å². The van der Waals surface area contributed by atoms with Crippen LogP contribution in [0.5, 0.6) is 5.88 Å². The van der Waals surface area contributed by atoms with Gasteiger partial charge in [0.05, 0.1) is 25.6 Å². The Morgan fingerprint density at radius 1 is 1.07 bits per heavy atom. The van der Waals surface area contributed by atoms with Crippen LogP contribution < -0.4 is 4.74 Å². The van der Waals surface area contributed by atoms with Gasteiger partial charge in [-0.2, -0.15) is 4.98 Å². The summed E-state index contributed by atoms with van der Waals surface area (Å²) in [4.78, 5) is 13.2. The number of aromatic nitrogens is 4. The van der Waals surface area contributed by atoms with Gasteiger partial charge < -0.3 is 13.7 Å². The number of imidazole rings is 1. The van der Waals surface area contributed by atoms with Crippen LogP contribution in [0.25, 0.3) is 11.2 Å². The van der Waals surface area contributed by atoms with E-state index in [4.69, 9.17) is 9.16 Å². The highest BCUT2D eigenvalue weighted by molar-refractivity contribution is 6.74. The van der Waals surface area contributed by atoms with E-state index in [2.05, 4.69) is 90.6 Å². The van der Waals surface area contributed by atoms with Gasteiger partial charge in [0.2, 0.25) is 5.88 Å². The fourth-order valence-corrected chi connectivity index (χ4v) is 4.79. The van der Waals surface area contributed by atoms with Gasteiger partial charge in [-0.05, 0) is 43.5 Å². The van der Waals surface area contributed by atoms with Crippen molar-refractivity contribution in [1.29, 1.82) is 0 Å². The van der Waals surface area contributed by atoms with E-state index in [1.165, 1.54) is 11.9 Å². The van der Waals surface area contributed by atoms with E-state index in [0.29, 0.717) is 11.4 Å². The smallest absolute Gasteiger partial charge is 0.245 e. The summed E-state index contributed by atoms with van der Waals surface area (Å²) in [5.41, 5.74) is 2.78. The standard InChI is InChI=1S/C23H34N4O2Si/c1-17(27-16-26-20-21(27)24-15-25-22(20)28-5)19(29-30(6,7)23(2,3)4)14-13-18-11-9-8-10-12-18/h8-12,15-17,19H,13-14H2,1-7H3/t17-,19-/m1/s1. The van der Waals surface area contributed by atoms with E-state index in [0.717, 1.165) is 18.5 Å². The molecule has 2 atom stereocenters. The van der Waals surface area contributed by atoms with Crippen LogP contribution >= 0.6 is 0 Å². The maximum atomic E-state index is 6.93. The molecule has 1 aromatic carbocycles. The third-order valence-corrected chi connectivity index (χ3v) is 10.8. The predicted molar refractivity (Wildman–Crippen MR) is 123 cm³/mol. The molecule has 0 saturated carbocycles. The molecule has 0 N–H and O–H groups in total. The first-order valence-electron chi connectivity index (χ1n) is 10.6. The van der Waals surface area contributed by atoms with Gasteiger partial charge in [-0.3, -0.25) is 0 Å². The molecule has 6 nitrogen and oxygen atoms in total. The Labute approximate surface area is 180 Å². The Morgan fingerprint density at radius 2 is 1.77 bits per heavy atom. The van der Waals surface area contributed by atoms with Gasteiger partial charge in [0.15, 0.2) is 19.5 Å². The Balaban J connectivity index is 1.92. The van der Waals surface area contributed by atoms with E-state index in [9.17, 15) is 0 Å². The second kappa shape index (κ2) is 8.86. The van der Waals surface area contributed by atoms with E-state index in [1.54, 1.807) is 7.11 Å². The van der Waals surface area contributed by atoms with Crippen LogP contribution in [0.2, 0.25) is 18.1 Å². The molecule has 0 amide bonds. The molecule has 0 fully saturated rings. The molecule has 0 radical (unpaired) electrons. The Morgan fingerprint density at radius 3 is 2.40 bits per heavy atom. The molecule has 7 heteroatoms. The lowest BCUT2D eigenvalue weighted by atomic mass is 10.0. The average Bonchev–Trinajstić information content (AvgIpc) is 3.14. The maximum absolute atomic E-state index is 6.93. The van der Waals surface area contributed by atoms with Gasteiger partial charge in [-0.15, -0.1) is 0 Å². The van der Waals surface area contributed by atoms with Gasteiger partial charge >= 0.3 is 0 Å². The molecule has 0 spiro atoms. The van der Waals surface area contributed by atoms with Crippen molar-refractivity contribution in [2.75, 3.05) is 7.11 Å². The van der Waals surface area contributed by atoms with Crippen LogP contribution in [-0.4, -0.2) is 41.1 Å². The second-order valence-electron chi connectivity index (χ2n) is 9.39. The highest BCUT2D eigenvalue weighted by atomic mass is 28.4. The van der Waals surface area contributed by atoms with E-state index in [1.807, 2.05) is 6.33 Å². The Hall–Kier alpha value is -2.25. The summed E-state index contributed by atoms with van der Waals surface area (Å²) in [6.07, 6.45) is 5.30. The SMILES string of the molecule is COc1ncnc2c1ncn2[C@H](C)[C@@H](CCc1ccccc1)O[Si](C)(C)C(C)(C)C. The number of methoxy groups -OCH3 is 1. The third kappa shape index (κ3) is 4.73. The van der Waals surface area contributed by atoms with Crippen molar-refractivity contribution >= 4 is 19.5 Å². The largest absolute Gasteiger partial charge is 0.479 e. The molecule has 2 aromatic heterocycles. The molecule has 0 aliphatic carbocycles. The normalized spacial score (nSPS) is 14.6. The topological polar surface area (TPSA) is 62.1 Å². The van der Waals surface area contributed by atoms with Crippen molar-refractivity contribution in [3.8, 4) is 5.88 Å². The number of ether oxygens (including phenoxy) is 1. The maximum Gasteiger partial charge on any atom is 0.245 e. The first kappa shape index (κ1) is 22.4. The van der Waals surface area contributed by atoms with Gasteiger partial charge in [0, 0.05) is 0 Å². The second-order valence-corrected chi connectivity index (χ2v) is 14.1. The summed E-state index contributed by atoms with van der Waals surface area (Å²) in [7, 11) is -0.353. The average molecular weight is 427 g/mol. The van der Waals surface area contributed by atoms with E-state index >= 15 is 0 Å². The minimum atomic E-state index is -1.96. The van der Waals surface area contributed by atoms with Crippen molar-refractivity contribution in [2.24, 2.45) is 0 Å². The zero-order valence-corrected chi connectivity index (χ0v) is 20.2. The van der Waals surface area contributed by atoms with Crippen molar-refractivity contribution in [3.63, 3.8) is 0 Å². The third-order valence-electron chi connectivity index (χ3n) is 6.31. The van der Waals surface area contributed by atoms with Gasteiger partial charge in [0.1, 0.15) is 6.33 Å². The number of nitrogens with zero attached hydrogens (tertiary/aromatic N) is 4. The monoisotopic (exact) mass is 426 g/mol. The van der Waals surface area contributed by atoms with E-state index in [-0.39, 0.29) is 17.2 Å². The predicted octanol–water partition coefficient (Wildman–Crippen LogP) is 5.42. The molecular formula is C23H34N4O2Si. The lowest BCUT2D eigenvalue weighted by molar-refractivity contribution is 0.122. The van der Waals surface area contributed by atoms with Gasteiger partial charge in [-0.25, -0.2) is 9.97 Å². The fraction of sp³-hybridized carbons (Fsp3) is 0.522. The number of fused-ring (bicyclic) bond motifs is 1. The number of benzene rings is 1. The highest BCUT2D eigenvalue weighted by Gasteiger charge is 2.40. The molecule has 3 rings (SSSR count). The molecule has 0 saturated heterocycles. The van der Waals surface area contributed by atoms with Crippen LogP contribution in [0.3, 0.4) is 0 Å². The molecule has 0 aliphatic heterocycles. The van der Waals surface area contributed by atoms with Crippen LogP contribution in [0.15, 0.2) is 43.0 Å². The molecule has 0 aliphatic rings. The highest BCUT2D eigenvalue weighted by Crippen LogP contribution is 2.39. The summed E-state index contributed by atoms with van der Waals surface area (Å²) in [5.74, 6) is 0.497. The minimum absolute atomic E-state index is 0.0458. The first-order chi connectivity index (χ1) is 14.1. The molecule has 162 valence electrons. The lowest BCUT2D eigenvalue weighted by Crippen LogP contribution is -2.46. The minimum Gasteiger partial charge on any atom is -0.479 e. The van der Waals surface area contributed by atoms with Crippen molar-refractivity contribution in [2.45, 2.75) is 70.8 Å². The molecule has 0 unspecified atom stereocenters. The molecule has 0 bridgehead atoms. The molecule has 3 aromatic rings. The van der Waals surface area contributed by atoms with Gasteiger partial charge in [-0.1, -0.05) is 51.1 Å². The number of aryl methyl sites for hydroxylation is 1. The molecule has 2 heterocycles.